The van der Waals surface area contributed by atoms with Gasteiger partial charge in [0.2, 0.25) is 0 Å². The predicted molar refractivity (Wildman–Crippen MR) is 90.8 cm³/mol. The van der Waals surface area contributed by atoms with Crippen LogP contribution in [-0.2, 0) is 21.5 Å². The van der Waals surface area contributed by atoms with Gasteiger partial charge in [-0.1, -0.05) is 22.0 Å². The number of carbonyl (C=O) groups excluding carboxylic acids is 1. The molecule has 0 N–H and O–H groups in total. The first-order chi connectivity index (χ1) is 10.3. The molecular formula is C18H24BrNO2. The van der Waals surface area contributed by atoms with Crippen molar-refractivity contribution in [3.63, 3.8) is 0 Å². The zero-order valence-electron chi connectivity index (χ0n) is 13.6. The summed E-state index contributed by atoms with van der Waals surface area (Å²) in [6.45, 7) is 8.54. The van der Waals surface area contributed by atoms with E-state index in [0.717, 1.165) is 19.6 Å². The Kier molecular flexibility index (Phi) is 4.11. The van der Waals surface area contributed by atoms with Crippen LogP contribution < -0.4 is 0 Å². The first kappa shape index (κ1) is 16.0. The average Bonchev–Trinajstić information content (AvgIpc) is 3.16. The summed E-state index contributed by atoms with van der Waals surface area (Å²) in [4.78, 5) is 14.3. The number of rotatable bonds is 3. The number of hydrogen-bond donors (Lipinski definition) is 0. The van der Waals surface area contributed by atoms with Gasteiger partial charge in [0.25, 0.3) is 0 Å². The highest BCUT2D eigenvalue weighted by Crippen LogP contribution is 2.52. The van der Waals surface area contributed by atoms with Gasteiger partial charge in [-0.3, -0.25) is 9.69 Å². The lowest BCUT2D eigenvalue weighted by Gasteiger charge is -2.35. The van der Waals surface area contributed by atoms with Crippen LogP contribution >= 0.6 is 15.9 Å². The van der Waals surface area contributed by atoms with E-state index in [1.807, 2.05) is 20.8 Å². The molecule has 1 fully saturated rings. The molecule has 4 heteroatoms. The summed E-state index contributed by atoms with van der Waals surface area (Å²) in [5, 5.41) is 0. The lowest BCUT2D eigenvalue weighted by atomic mass is 9.87. The first-order valence-corrected chi connectivity index (χ1v) is 8.80. The van der Waals surface area contributed by atoms with E-state index in [2.05, 4.69) is 39.0 Å². The van der Waals surface area contributed by atoms with Crippen LogP contribution in [0.15, 0.2) is 22.7 Å². The molecule has 1 aromatic carbocycles. The second-order valence-electron chi connectivity index (χ2n) is 7.63. The number of halogens is 1. The van der Waals surface area contributed by atoms with Crippen LogP contribution in [0.1, 0.15) is 51.2 Å². The van der Waals surface area contributed by atoms with E-state index in [1.165, 1.54) is 28.4 Å². The van der Waals surface area contributed by atoms with E-state index < -0.39 is 5.60 Å². The van der Waals surface area contributed by atoms with Crippen molar-refractivity contribution in [3.8, 4) is 0 Å². The summed E-state index contributed by atoms with van der Waals surface area (Å²) < 4.78 is 6.58. The molecule has 1 aliphatic carbocycles. The van der Waals surface area contributed by atoms with Gasteiger partial charge in [0.1, 0.15) is 5.60 Å². The monoisotopic (exact) mass is 365 g/mol. The number of hydrogen-bond acceptors (Lipinski definition) is 3. The van der Waals surface area contributed by atoms with Crippen molar-refractivity contribution in [2.45, 2.75) is 57.6 Å². The van der Waals surface area contributed by atoms with Crippen LogP contribution in [0.2, 0.25) is 0 Å². The quantitative estimate of drug-likeness (QED) is 0.757. The number of nitrogens with zero attached hydrogens (tertiary/aromatic N) is 1. The molecule has 0 unspecified atom stereocenters. The minimum atomic E-state index is -0.393. The van der Waals surface area contributed by atoms with Crippen LogP contribution in [0.25, 0.3) is 0 Å². The van der Waals surface area contributed by atoms with Crippen molar-refractivity contribution < 1.29 is 9.53 Å². The molecule has 2 aliphatic rings. The molecule has 0 bridgehead atoms. The van der Waals surface area contributed by atoms with Gasteiger partial charge < -0.3 is 4.74 Å². The summed E-state index contributed by atoms with van der Waals surface area (Å²) in [6, 6.07) is 6.62. The standard InChI is InChI=1S/C18H24BrNO2/c1-17(2,3)22-16(21)6-9-20-11-13-4-5-14(19)10-15(13)18(12-20)7-8-18/h4-5,10H,6-9,11-12H2,1-3H3. The Labute approximate surface area is 141 Å². The predicted octanol–water partition coefficient (Wildman–Crippen LogP) is 4.03. The van der Waals surface area contributed by atoms with Crippen molar-refractivity contribution in [1.82, 2.24) is 4.90 Å². The van der Waals surface area contributed by atoms with E-state index >= 15 is 0 Å². The highest BCUT2D eigenvalue weighted by molar-refractivity contribution is 9.10. The van der Waals surface area contributed by atoms with Crippen molar-refractivity contribution in [2.75, 3.05) is 13.1 Å². The summed E-state index contributed by atoms with van der Waals surface area (Å²) in [6.07, 6.45) is 3.00. The number of benzene rings is 1. The topological polar surface area (TPSA) is 29.5 Å². The molecule has 1 aliphatic heterocycles. The SMILES string of the molecule is CC(C)(C)OC(=O)CCN1Cc2ccc(Br)cc2C2(CC2)C1. The van der Waals surface area contributed by atoms with Crippen molar-refractivity contribution >= 4 is 21.9 Å². The summed E-state index contributed by atoms with van der Waals surface area (Å²) in [7, 11) is 0. The molecule has 3 nitrogen and oxygen atoms in total. The Morgan fingerprint density at radius 3 is 2.73 bits per heavy atom. The fourth-order valence-electron chi connectivity index (χ4n) is 3.37. The first-order valence-electron chi connectivity index (χ1n) is 8.01. The smallest absolute Gasteiger partial charge is 0.307 e. The second kappa shape index (κ2) is 5.64. The lowest BCUT2D eigenvalue weighted by molar-refractivity contribution is -0.155. The summed E-state index contributed by atoms with van der Waals surface area (Å²) >= 11 is 3.59. The van der Waals surface area contributed by atoms with Crippen molar-refractivity contribution in [3.05, 3.63) is 33.8 Å². The Balaban J connectivity index is 1.64. The third kappa shape index (κ3) is 3.54. The zero-order valence-corrected chi connectivity index (χ0v) is 15.2. The van der Waals surface area contributed by atoms with Gasteiger partial charge in [0.15, 0.2) is 0 Å². The molecule has 1 aromatic rings. The second-order valence-corrected chi connectivity index (χ2v) is 8.54. The van der Waals surface area contributed by atoms with Crippen molar-refractivity contribution in [2.24, 2.45) is 0 Å². The molecule has 22 heavy (non-hydrogen) atoms. The van der Waals surface area contributed by atoms with Crippen LogP contribution in [0.5, 0.6) is 0 Å². The Morgan fingerprint density at radius 1 is 1.36 bits per heavy atom. The lowest BCUT2D eigenvalue weighted by Crippen LogP contribution is -2.39. The van der Waals surface area contributed by atoms with E-state index in [9.17, 15) is 4.79 Å². The summed E-state index contributed by atoms with van der Waals surface area (Å²) in [5.74, 6) is -0.0982. The minimum Gasteiger partial charge on any atom is -0.460 e. The fourth-order valence-corrected chi connectivity index (χ4v) is 3.73. The van der Waals surface area contributed by atoms with Crippen LogP contribution in [-0.4, -0.2) is 29.6 Å². The largest absolute Gasteiger partial charge is 0.460 e. The molecule has 1 spiro atoms. The molecule has 1 heterocycles. The number of fused-ring (bicyclic) bond motifs is 2. The summed E-state index contributed by atoms with van der Waals surface area (Å²) in [5.41, 5.74) is 2.87. The highest BCUT2D eigenvalue weighted by atomic mass is 79.9. The molecule has 0 amide bonds. The highest BCUT2D eigenvalue weighted by Gasteiger charge is 2.48. The Bertz CT molecular complexity index is 587. The van der Waals surface area contributed by atoms with Gasteiger partial charge in [-0.05, 0) is 56.9 Å². The van der Waals surface area contributed by atoms with Crippen LogP contribution in [0, 0.1) is 0 Å². The van der Waals surface area contributed by atoms with E-state index in [4.69, 9.17) is 4.74 Å². The molecule has 0 radical (unpaired) electrons. The molecule has 0 aromatic heterocycles. The molecular weight excluding hydrogens is 342 g/mol. The minimum absolute atomic E-state index is 0.0982. The van der Waals surface area contributed by atoms with Crippen molar-refractivity contribution in [1.29, 1.82) is 0 Å². The van der Waals surface area contributed by atoms with Gasteiger partial charge in [0, 0.05) is 29.5 Å². The number of carbonyl (C=O) groups is 1. The maximum atomic E-state index is 11.9. The van der Waals surface area contributed by atoms with Crippen LogP contribution in [0.4, 0.5) is 0 Å². The molecule has 0 atom stereocenters. The molecule has 3 rings (SSSR count). The van der Waals surface area contributed by atoms with E-state index in [-0.39, 0.29) is 5.97 Å². The third-order valence-electron chi connectivity index (χ3n) is 4.47. The number of ether oxygens (including phenoxy) is 1. The normalized spacial score (nSPS) is 19.8. The van der Waals surface area contributed by atoms with E-state index in [1.54, 1.807) is 0 Å². The maximum Gasteiger partial charge on any atom is 0.307 e. The molecule has 0 saturated heterocycles. The van der Waals surface area contributed by atoms with Crippen LogP contribution in [0.3, 0.4) is 0 Å². The number of esters is 1. The molecule has 120 valence electrons. The molecule has 1 saturated carbocycles. The van der Waals surface area contributed by atoms with Gasteiger partial charge in [-0.15, -0.1) is 0 Å². The van der Waals surface area contributed by atoms with Gasteiger partial charge >= 0.3 is 5.97 Å². The Morgan fingerprint density at radius 2 is 2.09 bits per heavy atom. The van der Waals surface area contributed by atoms with Gasteiger partial charge in [-0.25, -0.2) is 0 Å². The average molecular weight is 366 g/mol. The van der Waals surface area contributed by atoms with Gasteiger partial charge in [-0.2, -0.15) is 0 Å². The maximum absolute atomic E-state index is 11.9. The fraction of sp³-hybridized carbons (Fsp3) is 0.611. The van der Waals surface area contributed by atoms with Gasteiger partial charge in [0.05, 0.1) is 6.42 Å². The third-order valence-corrected chi connectivity index (χ3v) is 4.96. The zero-order chi connectivity index (χ0) is 16.0. The van der Waals surface area contributed by atoms with E-state index in [0.29, 0.717) is 11.8 Å². The Hall–Kier alpha value is -0.870.